The summed E-state index contributed by atoms with van der Waals surface area (Å²) in [5.74, 6) is 1.70. The van der Waals surface area contributed by atoms with Crippen LogP contribution in [0.4, 0.5) is 10.1 Å². The topological polar surface area (TPSA) is 72.2 Å². The van der Waals surface area contributed by atoms with Gasteiger partial charge < -0.3 is 5.73 Å². The molecule has 0 heterocycles. The highest BCUT2D eigenvalue weighted by molar-refractivity contribution is 7.89. The number of hydrogen-bond donors (Lipinski definition) is 2. The lowest BCUT2D eigenvalue weighted by Crippen LogP contribution is -2.42. The minimum atomic E-state index is -3.87. The summed E-state index contributed by atoms with van der Waals surface area (Å²) in [6.07, 6.45) is 5.26. The molecule has 0 aromatic heterocycles. The van der Waals surface area contributed by atoms with E-state index in [1.165, 1.54) is 13.8 Å². The summed E-state index contributed by atoms with van der Waals surface area (Å²) in [6.45, 7) is 6.08. The second kappa shape index (κ2) is 4.83. The molecule has 0 aliphatic heterocycles. The van der Waals surface area contributed by atoms with E-state index in [2.05, 4.69) is 10.6 Å². The van der Waals surface area contributed by atoms with Crippen molar-refractivity contribution >= 4 is 15.7 Å². The number of nitrogen functional groups attached to an aromatic ring is 1. The molecule has 1 aromatic carbocycles. The predicted octanol–water partition coefficient (Wildman–Crippen LogP) is 1.71. The van der Waals surface area contributed by atoms with Crippen LogP contribution in [0.3, 0.4) is 0 Å². The van der Waals surface area contributed by atoms with Crippen LogP contribution in [0.5, 0.6) is 0 Å². The first kappa shape index (κ1) is 15.5. The van der Waals surface area contributed by atoms with Crippen LogP contribution in [0.15, 0.2) is 11.0 Å². The van der Waals surface area contributed by atoms with E-state index in [0.717, 1.165) is 6.07 Å². The normalized spacial score (nSPS) is 12.2. The standard InChI is InChI=1S/C13H17FN2O2S/c1-6-13(4,5)16-19(17,18)12-8(2)7-10(14)11(15)9(12)3/h1,7,16H,15H2,2-5H3. The van der Waals surface area contributed by atoms with E-state index >= 15 is 0 Å². The highest BCUT2D eigenvalue weighted by atomic mass is 32.2. The molecule has 0 saturated carbocycles. The molecule has 0 spiro atoms. The zero-order valence-corrected chi connectivity index (χ0v) is 12.2. The van der Waals surface area contributed by atoms with Gasteiger partial charge in [-0.15, -0.1) is 6.42 Å². The van der Waals surface area contributed by atoms with Crippen LogP contribution in [0.1, 0.15) is 25.0 Å². The van der Waals surface area contributed by atoms with Crippen LogP contribution < -0.4 is 10.5 Å². The van der Waals surface area contributed by atoms with Crippen molar-refractivity contribution in [2.75, 3.05) is 5.73 Å². The Kier molecular flexibility index (Phi) is 3.94. The molecule has 0 aliphatic rings. The number of rotatable bonds is 3. The van der Waals surface area contributed by atoms with Gasteiger partial charge in [0.25, 0.3) is 0 Å². The second-order valence-electron chi connectivity index (χ2n) is 4.92. The van der Waals surface area contributed by atoms with Gasteiger partial charge in [-0.05, 0) is 44.9 Å². The van der Waals surface area contributed by atoms with Crippen LogP contribution >= 0.6 is 0 Å². The number of sulfonamides is 1. The predicted molar refractivity (Wildman–Crippen MR) is 73.5 cm³/mol. The number of aryl methyl sites for hydroxylation is 1. The summed E-state index contributed by atoms with van der Waals surface area (Å²) in [4.78, 5) is -0.0327. The molecule has 0 aliphatic carbocycles. The van der Waals surface area contributed by atoms with Crippen LogP contribution in [-0.4, -0.2) is 14.0 Å². The third kappa shape index (κ3) is 3.06. The molecule has 0 atom stereocenters. The lowest BCUT2D eigenvalue weighted by atomic mass is 10.1. The van der Waals surface area contributed by atoms with Crippen molar-refractivity contribution in [1.29, 1.82) is 0 Å². The minimum absolute atomic E-state index is 0.0327. The number of nitrogens with two attached hydrogens (primary N) is 1. The molecule has 0 radical (unpaired) electrons. The summed E-state index contributed by atoms with van der Waals surface area (Å²) in [5, 5.41) is 0. The van der Waals surface area contributed by atoms with Gasteiger partial charge in [-0.3, -0.25) is 0 Å². The van der Waals surface area contributed by atoms with Gasteiger partial charge in [0.2, 0.25) is 10.0 Å². The van der Waals surface area contributed by atoms with Gasteiger partial charge in [0.05, 0.1) is 16.1 Å². The Morgan fingerprint density at radius 2 is 1.95 bits per heavy atom. The molecule has 19 heavy (non-hydrogen) atoms. The third-order valence-electron chi connectivity index (χ3n) is 2.72. The fourth-order valence-electron chi connectivity index (χ4n) is 1.76. The van der Waals surface area contributed by atoms with Gasteiger partial charge in [-0.1, -0.05) is 5.92 Å². The van der Waals surface area contributed by atoms with Gasteiger partial charge in [-0.25, -0.2) is 12.8 Å². The Balaban J connectivity index is 3.48. The van der Waals surface area contributed by atoms with Crippen LogP contribution in [0.2, 0.25) is 0 Å². The number of anilines is 1. The lowest BCUT2D eigenvalue weighted by Gasteiger charge is -2.22. The van der Waals surface area contributed by atoms with E-state index in [1.807, 2.05) is 0 Å². The number of hydrogen-bond acceptors (Lipinski definition) is 3. The Morgan fingerprint density at radius 3 is 2.42 bits per heavy atom. The average Bonchev–Trinajstić information content (AvgIpc) is 2.24. The highest BCUT2D eigenvalue weighted by Gasteiger charge is 2.28. The zero-order valence-electron chi connectivity index (χ0n) is 11.3. The Labute approximate surface area is 113 Å². The smallest absolute Gasteiger partial charge is 0.242 e. The molecular weight excluding hydrogens is 267 g/mol. The molecule has 0 unspecified atom stereocenters. The summed E-state index contributed by atoms with van der Waals surface area (Å²) >= 11 is 0. The van der Waals surface area contributed by atoms with Crippen molar-refractivity contribution < 1.29 is 12.8 Å². The zero-order chi connectivity index (χ0) is 15.0. The number of halogens is 1. The molecule has 3 N–H and O–H groups in total. The van der Waals surface area contributed by atoms with Crippen molar-refractivity contribution in [3.05, 3.63) is 23.0 Å². The first-order valence-electron chi connectivity index (χ1n) is 5.59. The number of terminal acetylenes is 1. The van der Waals surface area contributed by atoms with Gasteiger partial charge in [0.1, 0.15) is 5.82 Å². The van der Waals surface area contributed by atoms with Gasteiger partial charge in [-0.2, -0.15) is 4.72 Å². The average molecular weight is 284 g/mol. The van der Waals surface area contributed by atoms with Crippen LogP contribution in [0, 0.1) is 32.0 Å². The molecule has 0 amide bonds. The maximum absolute atomic E-state index is 13.4. The van der Waals surface area contributed by atoms with Crippen molar-refractivity contribution in [2.24, 2.45) is 0 Å². The quantitative estimate of drug-likeness (QED) is 0.655. The van der Waals surface area contributed by atoms with E-state index in [-0.39, 0.29) is 21.7 Å². The molecule has 0 bridgehead atoms. The monoisotopic (exact) mass is 284 g/mol. The molecule has 104 valence electrons. The van der Waals surface area contributed by atoms with Gasteiger partial charge >= 0.3 is 0 Å². The largest absolute Gasteiger partial charge is 0.396 e. The summed E-state index contributed by atoms with van der Waals surface area (Å²) in [7, 11) is -3.87. The van der Waals surface area contributed by atoms with Crippen molar-refractivity contribution in [1.82, 2.24) is 4.72 Å². The second-order valence-corrected chi connectivity index (χ2v) is 6.54. The SMILES string of the molecule is C#CC(C)(C)NS(=O)(=O)c1c(C)cc(F)c(N)c1C. The first-order chi connectivity index (χ1) is 8.52. The van der Waals surface area contributed by atoms with Gasteiger partial charge in [0, 0.05) is 0 Å². The molecule has 1 aromatic rings. The highest BCUT2D eigenvalue weighted by Crippen LogP contribution is 2.28. The molecule has 4 nitrogen and oxygen atoms in total. The molecular formula is C13H17FN2O2S. The molecule has 0 saturated heterocycles. The first-order valence-corrected chi connectivity index (χ1v) is 7.07. The third-order valence-corrected chi connectivity index (χ3v) is 4.67. The van der Waals surface area contributed by atoms with E-state index in [0.29, 0.717) is 0 Å². The van der Waals surface area contributed by atoms with Crippen molar-refractivity contribution in [3.8, 4) is 12.3 Å². The van der Waals surface area contributed by atoms with E-state index in [4.69, 9.17) is 12.2 Å². The van der Waals surface area contributed by atoms with Crippen molar-refractivity contribution in [3.63, 3.8) is 0 Å². The van der Waals surface area contributed by atoms with Crippen molar-refractivity contribution in [2.45, 2.75) is 38.1 Å². The summed E-state index contributed by atoms with van der Waals surface area (Å²) in [5.41, 5.74) is 4.78. The summed E-state index contributed by atoms with van der Waals surface area (Å²) < 4.78 is 40.5. The number of benzene rings is 1. The Bertz CT molecular complexity index is 658. The maximum Gasteiger partial charge on any atom is 0.242 e. The van der Waals surface area contributed by atoms with E-state index < -0.39 is 21.4 Å². The summed E-state index contributed by atoms with van der Waals surface area (Å²) in [6, 6.07) is 1.10. The van der Waals surface area contributed by atoms with Gasteiger partial charge in [0.15, 0.2) is 0 Å². The minimum Gasteiger partial charge on any atom is -0.396 e. The molecule has 0 fully saturated rings. The molecule has 1 rings (SSSR count). The fraction of sp³-hybridized carbons (Fsp3) is 0.385. The van der Waals surface area contributed by atoms with E-state index in [1.54, 1.807) is 13.8 Å². The maximum atomic E-state index is 13.4. The van der Waals surface area contributed by atoms with Crippen LogP contribution in [-0.2, 0) is 10.0 Å². The molecule has 6 heteroatoms. The number of nitrogens with one attached hydrogen (secondary N) is 1. The fourth-order valence-corrected chi connectivity index (χ4v) is 3.59. The Hall–Kier alpha value is -1.58. The van der Waals surface area contributed by atoms with E-state index in [9.17, 15) is 12.8 Å². The lowest BCUT2D eigenvalue weighted by molar-refractivity contribution is 0.537. The van der Waals surface area contributed by atoms with Crippen LogP contribution in [0.25, 0.3) is 0 Å². The Morgan fingerprint density at radius 1 is 1.42 bits per heavy atom.